The van der Waals surface area contributed by atoms with Crippen LogP contribution in [0, 0.1) is 0 Å². The molecule has 2 aromatic rings. The second-order valence-electron chi connectivity index (χ2n) is 4.62. The number of ether oxygens (including phenoxy) is 3. The number of nitrogens with one attached hydrogen (secondary N) is 1. The van der Waals surface area contributed by atoms with Gasteiger partial charge in [-0.05, 0) is 25.1 Å². The number of nitrogens with zero attached hydrogens (tertiary/aromatic N) is 1. The van der Waals surface area contributed by atoms with Crippen LogP contribution in [0.3, 0.4) is 0 Å². The van der Waals surface area contributed by atoms with Crippen LogP contribution in [0.15, 0.2) is 36.5 Å². The molecule has 6 nitrogen and oxygen atoms in total. The maximum atomic E-state index is 12.4. The van der Waals surface area contributed by atoms with Crippen LogP contribution in [-0.2, 0) is 6.54 Å². The summed E-state index contributed by atoms with van der Waals surface area (Å²) in [7, 11) is 3.03. The van der Waals surface area contributed by atoms with Gasteiger partial charge in [-0.25, -0.2) is 4.98 Å². The van der Waals surface area contributed by atoms with Crippen LogP contribution in [0.1, 0.15) is 22.8 Å². The third-order valence-corrected chi connectivity index (χ3v) is 3.22. The van der Waals surface area contributed by atoms with Gasteiger partial charge in [0.2, 0.25) is 5.88 Å². The lowest BCUT2D eigenvalue weighted by atomic mass is 10.1. The fourth-order valence-electron chi connectivity index (χ4n) is 2.16. The largest absolute Gasteiger partial charge is 0.493 e. The lowest BCUT2D eigenvalue weighted by molar-refractivity contribution is 0.0947. The van der Waals surface area contributed by atoms with E-state index in [1.807, 2.05) is 13.0 Å². The first-order valence-electron chi connectivity index (χ1n) is 7.27. The molecule has 0 radical (unpaired) electrons. The van der Waals surface area contributed by atoms with Crippen LogP contribution in [0.2, 0.25) is 0 Å². The maximum absolute atomic E-state index is 12.4. The van der Waals surface area contributed by atoms with Gasteiger partial charge >= 0.3 is 0 Å². The van der Waals surface area contributed by atoms with Gasteiger partial charge in [-0.1, -0.05) is 12.1 Å². The molecule has 0 unspecified atom stereocenters. The highest BCUT2D eigenvalue weighted by Gasteiger charge is 2.16. The summed E-state index contributed by atoms with van der Waals surface area (Å²) in [6, 6.07) is 8.83. The topological polar surface area (TPSA) is 69.7 Å². The van der Waals surface area contributed by atoms with E-state index in [1.165, 1.54) is 14.2 Å². The van der Waals surface area contributed by atoms with Gasteiger partial charge < -0.3 is 19.5 Å². The van der Waals surface area contributed by atoms with Crippen molar-refractivity contribution in [1.82, 2.24) is 10.3 Å². The molecule has 1 heterocycles. The molecule has 0 fully saturated rings. The standard InChI is InChI=1S/C17H20N2O4/c1-4-23-17-12(7-6-10-18-17)11-19-16(20)13-8-5-9-14(21-2)15(13)22-3/h5-10H,4,11H2,1-3H3,(H,19,20). The molecule has 0 atom stereocenters. The van der Waals surface area contributed by atoms with Crippen LogP contribution < -0.4 is 19.5 Å². The van der Waals surface area contributed by atoms with E-state index in [1.54, 1.807) is 30.5 Å². The summed E-state index contributed by atoms with van der Waals surface area (Å²) in [6.07, 6.45) is 1.65. The molecule has 1 N–H and O–H groups in total. The van der Waals surface area contributed by atoms with E-state index in [9.17, 15) is 4.79 Å². The average Bonchev–Trinajstić information content (AvgIpc) is 2.60. The van der Waals surface area contributed by atoms with Crippen LogP contribution >= 0.6 is 0 Å². The fraction of sp³-hybridized carbons (Fsp3) is 0.294. The molecule has 0 bridgehead atoms. The van der Waals surface area contributed by atoms with Crippen LogP contribution in [0.5, 0.6) is 17.4 Å². The highest BCUT2D eigenvalue weighted by molar-refractivity contribution is 5.97. The van der Waals surface area contributed by atoms with Crippen LogP contribution in [0.4, 0.5) is 0 Å². The Hall–Kier alpha value is -2.76. The van der Waals surface area contributed by atoms with Crippen molar-refractivity contribution in [3.05, 3.63) is 47.7 Å². The van der Waals surface area contributed by atoms with Crippen molar-refractivity contribution in [2.75, 3.05) is 20.8 Å². The first-order chi connectivity index (χ1) is 11.2. The number of amides is 1. The van der Waals surface area contributed by atoms with Crippen molar-refractivity contribution in [3.8, 4) is 17.4 Å². The Kier molecular flexibility index (Phi) is 5.80. The molecular formula is C17H20N2O4. The number of carbonyl (C=O) groups is 1. The molecule has 2 rings (SSSR count). The molecule has 0 aliphatic carbocycles. The van der Waals surface area contributed by atoms with Gasteiger partial charge in [0, 0.05) is 18.3 Å². The minimum atomic E-state index is -0.257. The lowest BCUT2D eigenvalue weighted by Crippen LogP contribution is -2.24. The van der Waals surface area contributed by atoms with Gasteiger partial charge in [0.05, 0.1) is 26.4 Å². The van der Waals surface area contributed by atoms with Gasteiger partial charge in [-0.3, -0.25) is 4.79 Å². The summed E-state index contributed by atoms with van der Waals surface area (Å²) in [4.78, 5) is 16.6. The zero-order valence-electron chi connectivity index (χ0n) is 13.5. The number of hydrogen-bond acceptors (Lipinski definition) is 5. The average molecular weight is 316 g/mol. The highest BCUT2D eigenvalue weighted by atomic mass is 16.5. The van der Waals surface area contributed by atoms with Gasteiger partial charge in [0.25, 0.3) is 5.91 Å². The predicted molar refractivity (Wildman–Crippen MR) is 86.1 cm³/mol. The molecule has 0 aliphatic rings. The van der Waals surface area contributed by atoms with Crippen molar-refractivity contribution in [3.63, 3.8) is 0 Å². The van der Waals surface area contributed by atoms with Crippen molar-refractivity contribution < 1.29 is 19.0 Å². The Bertz CT molecular complexity index is 673. The number of rotatable bonds is 7. The minimum Gasteiger partial charge on any atom is -0.493 e. The van der Waals surface area contributed by atoms with Gasteiger partial charge in [0.15, 0.2) is 11.5 Å². The molecule has 122 valence electrons. The van der Waals surface area contributed by atoms with E-state index < -0.39 is 0 Å². The fourth-order valence-corrected chi connectivity index (χ4v) is 2.16. The Morgan fingerprint density at radius 2 is 2.00 bits per heavy atom. The van der Waals surface area contributed by atoms with Gasteiger partial charge in [-0.15, -0.1) is 0 Å². The number of methoxy groups -OCH3 is 2. The number of benzene rings is 1. The predicted octanol–water partition coefficient (Wildman–Crippen LogP) is 2.43. The van der Waals surface area contributed by atoms with Crippen molar-refractivity contribution >= 4 is 5.91 Å². The molecule has 1 aromatic heterocycles. The van der Waals surface area contributed by atoms with E-state index >= 15 is 0 Å². The molecule has 0 aliphatic heterocycles. The normalized spacial score (nSPS) is 10.0. The lowest BCUT2D eigenvalue weighted by Gasteiger charge is -2.13. The monoisotopic (exact) mass is 316 g/mol. The summed E-state index contributed by atoms with van der Waals surface area (Å²) in [6.45, 7) is 2.71. The Balaban J connectivity index is 2.15. The Morgan fingerprint density at radius 1 is 1.17 bits per heavy atom. The zero-order valence-corrected chi connectivity index (χ0v) is 13.5. The van der Waals surface area contributed by atoms with Crippen LogP contribution in [-0.4, -0.2) is 31.7 Å². The van der Waals surface area contributed by atoms with E-state index in [4.69, 9.17) is 14.2 Å². The van der Waals surface area contributed by atoms with E-state index in [-0.39, 0.29) is 5.91 Å². The van der Waals surface area contributed by atoms with Crippen LogP contribution in [0.25, 0.3) is 0 Å². The Morgan fingerprint density at radius 3 is 2.70 bits per heavy atom. The third kappa shape index (κ3) is 3.91. The van der Waals surface area contributed by atoms with Crippen molar-refractivity contribution in [2.24, 2.45) is 0 Å². The first kappa shape index (κ1) is 16.6. The van der Waals surface area contributed by atoms with E-state index in [0.29, 0.717) is 36.1 Å². The Labute approximate surface area is 135 Å². The smallest absolute Gasteiger partial charge is 0.255 e. The quantitative estimate of drug-likeness (QED) is 0.849. The third-order valence-electron chi connectivity index (χ3n) is 3.22. The number of hydrogen-bond donors (Lipinski definition) is 1. The summed E-state index contributed by atoms with van der Waals surface area (Å²) in [5.74, 6) is 1.18. The zero-order chi connectivity index (χ0) is 16.7. The molecule has 0 saturated carbocycles. The summed E-state index contributed by atoms with van der Waals surface area (Å²) in [5.41, 5.74) is 1.22. The molecule has 0 spiro atoms. The van der Waals surface area contributed by atoms with Gasteiger partial charge in [0.1, 0.15) is 0 Å². The molecule has 0 saturated heterocycles. The molecule has 6 heteroatoms. The summed E-state index contributed by atoms with van der Waals surface area (Å²) in [5, 5.41) is 2.85. The SMILES string of the molecule is CCOc1ncccc1CNC(=O)c1cccc(OC)c1OC. The number of para-hydroxylation sites is 1. The molecule has 1 aromatic carbocycles. The first-order valence-corrected chi connectivity index (χ1v) is 7.27. The second kappa shape index (κ2) is 8.03. The minimum absolute atomic E-state index is 0.257. The summed E-state index contributed by atoms with van der Waals surface area (Å²) < 4.78 is 15.9. The van der Waals surface area contributed by atoms with Gasteiger partial charge in [-0.2, -0.15) is 0 Å². The van der Waals surface area contributed by atoms with E-state index in [0.717, 1.165) is 5.56 Å². The van der Waals surface area contributed by atoms with E-state index in [2.05, 4.69) is 10.3 Å². The highest BCUT2D eigenvalue weighted by Crippen LogP contribution is 2.30. The molecular weight excluding hydrogens is 296 g/mol. The second-order valence-corrected chi connectivity index (χ2v) is 4.62. The number of pyridine rings is 1. The van der Waals surface area contributed by atoms with Crippen molar-refractivity contribution in [1.29, 1.82) is 0 Å². The summed E-state index contributed by atoms with van der Waals surface area (Å²) >= 11 is 0. The molecule has 1 amide bonds. The number of carbonyl (C=O) groups excluding carboxylic acids is 1. The van der Waals surface area contributed by atoms with Crippen molar-refractivity contribution in [2.45, 2.75) is 13.5 Å². The number of aromatic nitrogens is 1. The maximum Gasteiger partial charge on any atom is 0.255 e. The molecule has 23 heavy (non-hydrogen) atoms.